The first-order valence-electron chi connectivity index (χ1n) is 12.0. The second kappa shape index (κ2) is 10.7. The normalized spacial score (nSPS) is 35.2. The van der Waals surface area contributed by atoms with Crippen molar-refractivity contribution in [2.24, 2.45) is 22.7 Å². The molecule has 0 atom stereocenters. The van der Waals surface area contributed by atoms with Crippen molar-refractivity contribution in [1.82, 2.24) is 0 Å². The van der Waals surface area contributed by atoms with Gasteiger partial charge < -0.3 is 0 Å². The van der Waals surface area contributed by atoms with Crippen LogP contribution in [0.25, 0.3) is 0 Å². The standard InChI is InChI=1S/C25H45N/c1-4-6-8-9-10-16-25(21-26)19-17-24(3,18-20-25)23-14-12-22(13-15-23)11-7-5-2/h22-23H,4-20H2,1-3H3. The largest absolute Gasteiger partial charge is 0.198 e. The van der Waals surface area contributed by atoms with Gasteiger partial charge >= 0.3 is 0 Å². The molecule has 0 unspecified atom stereocenters. The van der Waals surface area contributed by atoms with E-state index in [9.17, 15) is 5.26 Å². The fourth-order valence-electron chi connectivity index (χ4n) is 5.83. The van der Waals surface area contributed by atoms with Gasteiger partial charge in [0.05, 0.1) is 11.5 Å². The number of nitriles is 1. The van der Waals surface area contributed by atoms with Crippen molar-refractivity contribution in [3.63, 3.8) is 0 Å². The summed E-state index contributed by atoms with van der Waals surface area (Å²) in [4.78, 5) is 0. The van der Waals surface area contributed by atoms with Crippen LogP contribution in [0.1, 0.15) is 130 Å². The predicted molar refractivity (Wildman–Crippen MR) is 113 cm³/mol. The van der Waals surface area contributed by atoms with Crippen LogP contribution in [0.3, 0.4) is 0 Å². The number of unbranched alkanes of at least 4 members (excludes halogenated alkanes) is 5. The van der Waals surface area contributed by atoms with E-state index in [2.05, 4.69) is 26.8 Å². The summed E-state index contributed by atoms with van der Waals surface area (Å²) >= 11 is 0. The van der Waals surface area contributed by atoms with Gasteiger partial charge in [-0.25, -0.2) is 0 Å². The zero-order valence-corrected chi connectivity index (χ0v) is 18.1. The van der Waals surface area contributed by atoms with Gasteiger partial charge in [0.25, 0.3) is 0 Å². The molecule has 2 saturated carbocycles. The molecule has 0 amide bonds. The molecule has 1 heteroatoms. The number of rotatable bonds is 10. The molecule has 26 heavy (non-hydrogen) atoms. The van der Waals surface area contributed by atoms with Crippen LogP contribution in [0.2, 0.25) is 0 Å². The minimum atomic E-state index is 0.0179. The molecular formula is C25H45N. The molecule has 0 N–H and O–H groups in total. The average Bonchev–Trinajstić information content (AvgIpc) is 2.68. The van der Waals surface area contributed by atoms with Crippen molar-refractivity contribution in [3.8, 4) is 6.07 Å². The fourth-order valence-corrected chi connectivity index (χ4v) is 5.83. The summed E-state index contributed by atoms with van der Waals surface area (Å²) in [5.41, 5.74) is 0.544. The Morgan fingerprint density at radius 2 is 1.42 bits per heavy atom. The molecule has 0 aromatic heterocycles. The average molecular weight is 360 g/mol. The van der Waals surface area contributed by atoms with Crippen molar-refractivity contribution >= 4 is 0 Å². The molecule has 0 radical (unpaired) electrons. The highest BCUT2D eigenvalue weighted by Gasteiger charge is 2.44. The molecule has 0 bridgehead atoms. The highest BCUT2D eigenvalue weighted by Crippen LogP contribution is 2.54. The van der Waals surface area contributed by atoms with E-state index in [1.54, 1.807) is 0 Å². The van der Waals surface area contributed by atoms with E-state index in [0.29, 0.717) is 5.41 Å². The fraction of sp³-hybridized carbons (Fsp3) is 0.960. The summed E-state index contributed by atoms with van der Waals surface area (Å²) in [6.45, 7) is 7.16. The Labute approximate surface area is 164 Å². The third-order valence-electron chi connectivity index (χ3n) is 8.14. The smallest absolute Gasteiger partial charge is 0.0689 e. The SMILES string of the molecule is CCCCCCCC1(C#N)CCC(C)(C2CCC(CCCC)CC2)CC1. The summed E-state index contributed by atoms with van der Waals surface area (Å²) in [6, 6.07) is 2.78. The maximum Gasteiger partial charge on any atom is 0.0689 e. The monoisotopic (exact) mass is 359 g/mol. The molecule has 150 valence electrons. The second-order valence-corrected chi connectivity index (χ2v) is 10.1. The Morgan fingerprint density at radius 3 is 2.00 bits per heavy atom. The molecule has 2 aliphatic rings. The van der Waals surface area contributed by atoms with Gasteiger partial charge in [0.1, 0.15) is 0 Å². The predicted octanol–water partition coefficient (Wildman–Crippen LogP) is 8.43. The van der Waals surface area contributed by atoms with Gasteiger partial charge in [-0.1, -0.05) is 85.0 Å². The summed E-state index contributed by atoms with van der Waals surface area (Å²) in [6.07, 6.45) is 22.9. The van der Waals surface area contributed by atoms with E-state index in [-0.39, 0.29) is 5.41 Å². The molecule has 0 aromatic rings. The molecule has 0 saturated heterocycles. The van der Waals surface area contributed by atoms with Gasteiger partial charge in [0, 0.05) is 0 Å². The highest BCUT2D eigenvalue weighted by atomic mass is 14.5. The van der Waals surface area contributed by atoms with E-state index in [1.165, 1.54) is 103 Å². The first kappa shape index (κ1) is 21.8. The van der Waals surface area contributed by atoms with Crippen LogP contribution in [0.5, 0.6) is 0 Å². The van der Waals surface area contributed by atoms with Gasteiger partial charge in [-0.15, -0.1) is 0 Å². The topological polar surface area (TPSA) is 23.8 Å². The molecular weight excluding hydrogens is 314 g/mol. The molecule has 2 rings (SSSR count). The van der Waals surface area contributed by atoms with Gasteiger partial charge in [-0.2, -0.15) is 5.26 Å². The van der Waals surface area contributed by atoms with E-state index in [4.69, 9.17) is 0 Å². The van der Waals surface area contributed by atoms with Crippen molar-refractivity contribution in [2.45, 2.75) is 130 Å². The lowest BCUT2D eigenvalue weighted by Crippen LogP contribution is -2.38. The lowest BCUT2D eigenvalue weighted by molar-refractivity contribution is 0.0342. The van der Waals surface area contributed by atoms with Crippen molar-refractivity contribution < 1.29 is 0 Å². The van der Waals surface area contributed by atoms with Crippen LogP contribution in [-0.4, -0.2) is 0 Å². The number of nitrogens with zero attached hydrogens (tertiary/aromatic N) is 1. The minimum absolute atomic E-state index is 0.0179. The number of hydrogen-bond donors (Lipinski definition) is 0. The summed E-state index contributed by atoms with van der Waals surface area (Å²) in [7, 11) is 0. The van der Waals surface area contributed by atoms with Crippen LogP contribution in [0.4, 0.5) is 0 Å². The summed E-state index contributed by atoms with van der Waals surface area (Å²) in [5, 5.41) is 9.89. The second-order valence-electron chi connectivity index (χ2n) is 10.1. The van der Waals surface area contributed by atoms with E-state index >= 15 is 0 Å². The zero-order chi connectivity index (χ0) is 18.9. The Kier molecular flexibility index (Phi) is 8.99. The van der Waals surface area contributed by atoms with Crippen molar-refractivity contribution in [2.75, 3.05) is 0 Å². The third kappa shape index (κ3) is 6.00. The molecule has 2 fully saturated rings. The van der Waals surface area contributed by atoms with Gasteiger partial charge in [-0.3, -0.25) is 0 Å². The van der Waals surface area contributed by atoms with Crippen molar-refractivity contribution in [3.05, 3.63) is 0 Å². The molecule has 1 nitrogen and oxygen atoms in total. The first-order valence-corrected chi connectivity index (χ1v) is 12.0. The Hall–Kier alpha value is -0.510. The highest BCUT2D eigenvalue weighted by molar-refractivity contribution is 5.04. The molecule has 0 aliphatic heterocycles. The summed E-state index contributed by atoms with van der Waals surface area (Å²) in [5.74, 6) is 1.95. The lowest BCUT2D eigenvalue weighted by atomic mass is 9.56. The lowest BCUT2D eigenvalue weighted by Gasteiger charge is -2.48. The van der Waals surface area contributed by atoms with Gasteiger partial charge in [0.2, 0.25) is 0 Å². The molecule has 2 aliphatic carbocycles. The first-order chi connectivity index (χ1) is 12.6. The van der Waals surface area contributed by atoms with Crippen LogP contribution in [0.15, 0.2) is 0 Å². The van der Waals surface area contributed by atoms with Crippen LogP contribution >= 0.6 is 0 Å². The maximum atomic E-state index is 9.89. The quantitative estimate of drug-likeness (QED) is 0.359. The zero-order valence-electron chi connectivity index (χ0n) is 18.1. The molecule has 0 spiro atoms. The Bertz CT molecular complexity index is 416. The van der Waals surface area contributed by atoms with Crippen LogP contribution in [-0.2, 0) is 0 Å². The molecule has 0 aromatic carbocycles. The number of hydrogen-bond acceptors (Lipinski definition) is 1. The maximum absolute atomic E-state index is 9.89. The third-order valence-corrected chi connectivity index (χ3v) is 8.14. The van der Waals surface area contributed by atoms with Crippen LogP contribution < -0.4 is 0 Å². The van der Waals surface area contributed by atoms with Crippen LogP contribution in [0, 0.1) is 34.0 Å². The van der Waals surface area contributed by atoms with E-state index in [0.717, 1.165) is 18.3 Å². The molecule has 0 heterocycles. The summed E-state index contributed by atoms with van der Waals surface area (Å²) < 4.78 is 0. The van der Waals surface area contributed by atoms with Crippen molar-refractivity contribution in [1.29, 1.82) is 5.26 Å². The van der Waals surface area contributed by atoms with Gasteiger partial charge in [0.15, 0.2) is 0 Å². The minimum Gasteiger partial charge on any atom is -0.198 e. The van der Waals surface area contributed by atoms with Gasteiger partial charge in [-0.05, 0) is 62.2 Å². The Morgan fingerprint density at radius 1 is 0.808 bits per heavy atom. The Balaban J connectivity index is 1.77. The van der Waals surface area contributed by atoms with E-state index < -0.39 is 0 Å². The van der Waals surface area contributed by atoms with E-state index in [1.807, 2.05) is 0 Å².